The van der Waals surface area contributed by atoms with Crippen molar-refractivity contribution in [3.8, 4) is 0 Å². The van der Waals surface area contributed by atoms with Crippen LogP contribution in [0.3, 0.4) is 0 Å². The summed E-state index contributed by atoms with van der Waals surface area (Å²) in [7, 11) is 2.70. The second-order valence-electron chi connectivity index (χ2n) is 3.97. The Hall–Kier alpha value is -2.30. The monoisotopic (exact) mass is 247 g/mol. The molecule has 0 bridgehead atoms. The number of hydrogen-bond donors (Lipinski definition) is 1. The smallest absolute Gasteiger partial charge is 0.333 e. The molecule has 0 saturated heterocycles. The number of aliphatic hydroxyl groups excluding tert-OH is 1. The number of amides is 1. The molecule has 1 heterocycles. The molecule has 0 aliphatic carbocycles. The zero-order valence-corrected chi connectivity index (χ0v) is 10.1. The first-order chi connectivity index (χ1) is 8.57. The average molecular weight is 247 g/mol. The lowest BCUT2D eigenvalue weighted by molar-refractivity contribution is -0.147. The maximum absolute atomic E-state index is 11.7. The van der Waals surface area contributed by atoms with Crippen molar-refractivity contribution in [1.29, 1.82) is 0 Å². The van der Waals surface area contributed by atoms with Crippen LogP contribution in [0, 0.1) is 0 Å². The number of rotatable bonds is 2. The highest BCUT2D eigenvalue weighted by Gasteiger charge is 2.42. The number of aliphatic hydroxyl groups is 1. The van der Waals surface area contributed by atoms with Crippen molar-refractivity contribution in [2.45, 2.75) is 6.04 Å². The molecule has 0 saturated carbocycles. The van der Waals surface area contributed by atoms with Crippen LogP contribution in [0.4, 0.5) is 0 Å². The molecule has 1 atom stereocenters. The first-order valence-electron chi connectivity index (χ1n) is 5.41. The lowest BCUT2D eigenvalue weighted by Crippen LogP contribution is -2.38. The molecule has 18 heavy (non-hydrogen) atoms. The molecule has 2 rings (SSSR count). The van der Waals surface area contributed by atoms with Crippen molar-refractivity contribution in [2.75, 3.05) is 14.2 Å². The third kappa shape index (κ3) is 1.73. The van der Waals surface area contributed by atoms with Crippen LogP contribution in [-0.2, 0) is 14.3 Å². The summed E-state index contributed by atoms with van der Waals surface area (Å²) >= 11 is 0. The number of esters is 1. The van der Waals surface area contributed by atoms with Gasteiger partial charge in [0.25, 0.3) is 5.91 Å². The number of methoxy groups -OCH3 is 1. The third-order valence-electron chi connectivity index (χ3n) is 2.95. The molecule has 1 amide bonds. The van der Waals surface area contributed by atoms with Gasteiger partial charge in [-0.05, 0) is 5.56 Å². The molecule has 0 aromatic heterocycles. The van der Waals surface area contributed by atoms with Crippen molar-refractivity contribution in [3.05, 3.63) is 41.7 Å². The lowest BCUT2D eigenvalue weighted by Gasteiger charge is -2.19. The van der Waals surface area contributed by atoms with E-state index in [2.05, 4.69) is 4.74 Å². The van der Waals surface area contributed by atoms with Gasteiger partial charge in [0.05, 0.1) is 7.11 Å². The van der Waals surface area contributed by atoms with Crippen molar-refractivity contribution in [3.63, 3.8) is 0 Å². The van der Waals surface area contributed by atoms with Gasteiger partial charge in [0.15, 0.2) is 11.8 Å². The van der Waals surface area contributed by atoms with Crippen LogP contribution >= 0.6 is 0 Å². The summed E-state index contributed by atoms with van der Waals surface area (Å²) in [6.07, 6.45) is 0. The molecule has 0 unspecified atom stereocenters. The van der Waals surface area contributed by atoms with Gasteiger partial charge in [-0.15, -0.1) is 0 Å². The number of ether oxygens (including phenoxy) is 1. The quantitative estimate of drug-likeness (QED) is 0.791. The first-order valence-corrected chi connectivity index (χ1v) is 5.41. The molecule has 0 fully saturated rings. The molecule has 1 aromatic carbocycles. The molecule has 0 radical (unpaired) electrons. The molecule has 1 aliphatic rings. The van der Waals surface area contributed by atoms with Gasteiger partial charge in [0, 0.05) is 12.6 Å². The van der Waals surface area contributed by atoms with E-state index in [1.807, 2.05) is 6.07 Å². The second-order valence-corrected chi connectivity index (χ2v) is 3.97. The summed E-state index contributed by atoms with van der Waals surface area (Å²) in [5, 5.41) is 9.88. The fourth-order valence-corrected chi connectivity index (χ4v) is 2.02. The Bertz CT molecular complexity index is 521. The first kappa shape index (κ1) is 12.2. The predicted molar refractivity (Wildman–Crippen MR) is 64.6 cm³/mol. The summed E-state index contributed by atoms with van der Waals surface area (Å²) < 4.78 is 4.67. The maximum atomic E-state index is 11.7. The SMILES string of the molecule is COC(=O)[C@H]1C(c2ccccc2)=C(O)C(=O)N1C. The van der Waals surface area contributed by atoms with Crippen LogP contribution in [0.1, 0.15) is 5.56 Å². The van der Waals surface area contributed by atoms with Crippen LogP contribution < -0.4 is 0 Å². The minimum absolute atomic E-state index is 0.287. The van der Waals surface area contributed by atoms with Gasteiger partial charge in [-0.3, -0.25) is 4.79 Å². The number of likely N-dealkylation sites (N-methyl/N-ethyl adjacent to an activating group) is 1. The molecule has 5 heteroatoms. The van der Waals surface area contributed by atoms with E-state index < -0.39 is 23.7 Å². The molecule has 1 aliphatic heterocycles. The molecule has 1 aromatic rings. The van der Waals surface area contributed by atoms with Gasteiger partial charge in [-0.25, -0.2) is 4.79 Å². The maximum Gasteiger partial charge on any atom is 0.333 e. The van der Waals surface area contributed by atoms with Gasteiger partial charge >= 0.3 is 5.97 Å². The van der Waals surface area contributed by atoms with Crippen LogP contribution in [0.15, 0.2) is 36.1 Å². The van der Waals surface area contributed by atoms with E-state index in [9.17, 15) is 14.7 Å². The number of nitrogens with zero attached hydrogens (tertiary/aromatic N) is 1. The molecule has 94 valence electrons. The Morgan fingerprint density at radius 1 is 1.33 bits per heavy atom. The van der Waals surface area contributed by atoms with Crippen LogP contribution in [-0.4, -0.2) is 42.1 Å². The van der Waals surface area contributed by atoms with Crippen molar-refractivity contribution < 1.29 is 19.4 Å². The normalized spacial score (nSPS) is 19.3. The minimum Gasteiger partial charge on any atom is -0.503 e. The van der Waals surface area contributed by atoms with E-state index >= 15 is 0 Å². The van der Waals surface area contributed by atoms with E-state index in [1.165, 1.54) is 19.1 Å². The van der Waals surface area contributed by atoms with Crippen LogP contribution in [0.5, 0.6) is 0 Å². The van der Waals surface area contributed by atoms with Crippen LogP contribution in [0.25, 0.3) is 5.57 Å². The molecule has 5 nitrogen and oxygen atoms in total. The summed E-state index contributed by atoms with van der Waals surface area (Å²) in [5.41, 5.74) is 0.915. The minimum atomic E-state index is -0.898. The standard InChI is InChI=1S/C13H13NO4/c1-14-10(13(17)18-2)9(11(15)12(14)16)8-6-4-3-5-7-8/h3-7,10,15H,1-2H3/t10-/m1/s1. The predicted octanol–water partition coefficient (Wildman–Crippen LogP) is 0.969. The highest BCUT2D eigenvalue weighted by molar-refractivity contribution is 6.11. The van der Waals surface area contributed by atoms with E-state index in [1.54, 1.807) is 24.3 Å². The van der Waals surface area contributed by atoms with E-state index in [0.717, 1.165) is 0 Å². The Morgan fingerprint density at radius 2 is 1.94 bits per heavy atom. The number of benzene rings is 1. The van der Waals surface area contributed by atoms with Gasteiger partial charge in [0.1, 0.15) is 0 Å². The topological polar surface area (TPSA) is 66.8 Å². The number of carbonyl (C=O) groups is 2. The van der Waals surface area contributed by atoms with Crippen LogP contribution in [0.2, 0.25) is 0 Å². The second kappa shape index (κ2) is 4.52. The number of carbonyl (C=O) groups excluding carboxylic acids is 2. The molecule has 1 N–H and O–H groups in total. The summed E-state index contributed by atoms with van der Waals surface area (Å²) in [4.78, 5) is 24.6. The third-order valence-corrected chi connectivity index (χ3v) is 2.95. The summed E-state index contributed by atoms with van der Waals surface area (Å²) in [6.45, 7) is 0. The van der Waals surface area contributed by atoms with E-state index in [0.29, 0.717) is 5.56 Å². The van der Waals surface area contributed by atoms with Gasteiger partial charge in [0.2, 0.25) is 0 Å². The molecular formula is C13H13NO4. The zero-order valence-electron chi connectivity index (χ0n) is 10.1. The fourth-order valence-electron chi connectivity index (χ4n) is 2.02. The zero-order chi connectivity index (χ0) is 13.3. The number of hydrogen-bond acceptors (Lipinski definition) is 4. The highest BCUT2D eigenvalue weighted by Crippen LogP contribution is 2.32. The Morgan fingerprint density at radius 3 is 2.50 bits per heavy atom. The summed E-state index contributed by atoms with van der Waals surface area (Å²) in [5.74, 6) is -1.56. The molecular weight excluding hydrogens is 234 g/mol. The largest absolute Gasteiger partial charge is 0.503 e. The summed E-state index contributed by atoms with van der Waals surface area (Å²) in [6, 6.07) is 7.92. The van der Waals surface area contributed by atoms with Crippen molar-refractivity contribution in [2.24, 2.45) is 0 Å². The van der Waals surface area contributed by atoms with Crippen molar-refractivity contribution >= 4 is 17.4 Å². The Labute approximate surface area is 104 Å². The van der Waals surface area contributed by atoms with E-state index in [4.69, 9.17) is 0 Å². The lowest BCUT2D eigenvalue weighted by atomic mass is 9.99. The van der Waals surface area contributed by atoms with E-state index in [-0.39, 0.29) is 5.57 Å². The average Bonchev–Trinajstić information content (AvgIpc) is 2.63. The Balaban J connectivity index is 2.53. The van der Waals surface area contributed by atoms with Gasteiger partial charge in [-0.1, -0.05) is 30.3 Å². The van der Waals surface area contributed by atoms with Gasteiger partial charge in [-0.2, -0.15) is 0 Å². The highest BCUT2D eigenvalue weighted by atomic mass is 16.5. The fraction of sp³-hybridized carbons (Fsp3) is 0.231. The van der Waals surface area contributed by atoms with Gasteiger partial charge < -0.3 is 14.7 Å². The van der Waals surface area contributed by atoms with Crippen molar-refractivity contribution in [1.82, 2.24) is 4.90 Å². The molecule has 0 spiro atoms. The Kier molecular flexibility index (Phi) is 3.06.